The third-order valence-corrected chi connectivity index (χ3v) is 4.20. The molecule has 0 aliphatic rings. The maximum absolute atomic E-state index is 11.9. The van der Waals surface area contributed by atoms with E-state index in [-0.39, 0.29) is 23.6 Å². The summed E-state index contributed by atoms with van der Waals surface area (Å²) in [6.07, 6.45) is 1.09. The molecule has 0 aromatic heterocycles. The number of rotatable bonds is 7. The molecule has 0 aliphatic carbocycles. The fourth-order valence-corrected chi connectivity index (χ4v) is 3.23. The zero-order chi connectivity index (χ0) is 20.0. The summed E-state index contributed by atoms with van der Waals surface area (Å²) in [7, 11) is 1.47. The van der Waals surface area contributed by atoms with Gasteiger partial charge in [-0.15, -0.1) is 0 Å². The molecular formula is C16H13Br2N3O6. The van der Waals surface area contributed by atoms with E-state index >= 15 is 0 Å². The van der Waals surface area contributed by atoms with Crippen LogP contribution in [0.1, 0.15) is 5.56 Å². The number of halogens is 2. The Labute approximate surface area is 170 Å². The Hall–Kier alpha value is -2.66. The van der Waals surface area contributed by atoms with E-state index in [0.29, 0.717) is 16.0 Å². The summed E-state index contributed by atoms with van der Waals surface area (Å²) in [4.78, 5) is 22.0. The summed E-state index contributed by atoms with van der Waals surface area (Å²) in [5.41, 5.74) is 2.08. The van der Waals surface area contributed by atoms with Crippen molar-refractivity contribution in [2.24, 2.45) is 5.10 Å². The summed E-state index contributed by atoms with van der Waals surface area (Å²) in [6, 6.07) is 6.87. The lowest BCUT2D eigenvalue weighted by Crippen LogP contribution is -2.24. The van der Waals surface area contributed by atoms with Gasteiger partial charge in [0.25, 0.3) is 11.6 Å². The van der Waals surface area contributed by atoms with E-state index in [1.165, 1.54) is 13.2 Å². The normalized spacial score (nSPS) is 10.6. The lowest BCUT2D eigenvalue weighted by atomic mass is 10.2. The van der Waals surface area contributed by atoms with E-state index in [4.69, 9.17) is 9.47 Å². The molecule has 9 nitrogen and oxygen atoms in total. The van der Waals surface area contributed by atoms with Crippen LogP contribution in [0.25, 0.3) is 0 Å². The van der Waals surface area contributed by atoms with Crippen LogP contribution in [0.3, 0.4) is 0 Å². The van der Waals surface area contributed by atoms with Gasteiger partial charge in [0.2, 0.25) is 0 Å². The van der Waals surface area contributed by atoms with Crippen molar-refractivity contribution in [3.05, 3.63) is 55.0 Å². The van der Waals surface area contributed by atoms with Crippen LogP contribution in [0.15, 0.2) is 44.4 Å². The molecule has 0 saturated carbocycles. The number of phenols is 1. The van der Waals surface area contributed by atoms with Crippen LogP contribution in [0.5, 0.6) is 17.2 Å². The van der Waals surface area contributed by atoms with Crippen LogP contribution in [0.4, 0.5) is 5.69 Å². The van der Waals surface area contributed by atoms with Crippen LogP contribution in [0.2, 0.25) is 0 Å². The van der Waals surface area contributed by atoms with Gasteiger partial charge in [-0.05, 0) is 34.1 Å². The Morgan fingerprint density at radius 3 is 2.78 bits per heavy atom. The Balaban J connectivity index is 1.99. The molecule has 27 heavy (non-hydrogen) atoms. The van der Waals surface area contributed by atoms with Gasteiger partial charge in [-0.2, -0.15) is 5.10 Å². The summed E-state index contributed by atoms with van der Waals surface area (Å²) in [5, 5.41) is 24.1. The number of phenolic OH excluding ortho intramolecular Hbond substituents is 1. The summed E-state index contributed by atoms with van der Waals surface area (Å²) >= 11 is 6.64. The van der Waals surface area contributed by atoms with Gasteiger partial charge in [-0.25, -0.2) is 5.43 Å². The molecule has 0 spiro atoms. The standard InChI is InChI=1S/C16H13Br2N3O6/c1-26-14-6-10(17)5-12(18)16(14)27-8-15(23)20-19-7-9-4-11(21(24)25)2-3-13(9)22/h2-7,22H,8H2,1H3,(H,20,23)/b19-7+. The molecule has 142 valence electrons. The van der Waals surface area contributed by atoms with Crippen LogP contribution < -0.4 is 14.9 Å². The molecule has 0 bridgehead atoms. The number of nitro groups is 1. The number of aromatic hydroxyl groups is 1. The lowest BCUT2D eigenvalue weighted by molar-refractivity contribution is -0.384. The number of hydrogen-bond acceptors (Lipinski definition) is 7. The minimum absolute atomic E-state index is 0.0859. The maximum atomic E-state index is 11.9. The van der Waals surface area contributed by atoms with Gasteiger partial charge in [0, 0.05) is 22.2 Å². The number of hydrazone groups is 1. The highest BCUT2D eigenvalue weighted by Crippen LogP contribution is 2.38. The van der Waals surface area contributed by atoms with E-state index in [0.717, 1.165) is 22.8 Å². The van der Waals surface area contributed by atoms with Crippen LogP contribution in [0, 0.1) is 10.1 Å². The number of ether oxygens (including phenoxy) is 2. The Kier molecular flexibility index (Phi) is 7.13. The third kappa shape index (κ3) is 5.66. The zero-order valence-corrected chi connectivity index (χ0v) is 17.0. The van der Waals surface area contributed by atoms with Gasteiger partial charge >= 0.3 is 0 Å². The Bertz CT molecular complexity index is 904. The van der Waals surface area contributed by atoms with Crippen molar-refractivity contribution < 1.29 is 24.3 Å². The van der Waals surface area contributed by atoms with Gasteiger partial charge < -0.3 is 14.6 Å². The largest absolute Gasteiger partial charge is 0.507 e. The highest BCUT2D eigenvalue weighted by atomic mass is 79.9. The highest BCUT2D eigenvalue weighted by Gasteiger charge is 2.13. The molecule has 0 radical (unpaired) electrons. The highest BCUT2D eigenvalue weighted by molar-refractivity contribution is 9.11. The predicted octanol–water partition coefficient (Wildman–Crippen LogP) is 3.36. The number of methoxy groups -OCH3 is 1. The van der Waals surface area contributed by atoms with E-state index in [9.17, 15) is 20.0 Å². The fourth-order valence-electron chi connectivity index (χ4n) is 1.93. The van der Waals surface area contributed by atoms with Crippen molar-refractivity contribution in [3.63, 3.8) is 0 Å². The number of nitrogens with zero attached hydrogens (tertiary/aromatic N) is 2. The Morgan fingerprint density at radius 2 is 2.11 bits per heavy atom. The molecular weight excluding hydrogens is 490 g/mol. The molecule has 0 saturated heterocycles. The second-order valence-electron chi connectivity index (χ2n) is 5.00. The van der Waals surface area contributed by atoms with Gasteiger partial charge in [0.1, 0.15) is 5.75 Å². The third-order valence-electron chi connectivity index (χ3n) is 3.16. The topological polar surface area (TPSA) is 123 Å². The molecule has 2 aromatic carbocycles. The first-order chi connectivity index (χ1) is 12.8. The molecule has 1 amide bonds. The average Bonchev–Trinajstić information content (AvgIpc) is 2.61. The monoisotopic (exact) mass is 501 g/mol. The average molecular weight is 503 g/mol. The van der Waals surface area contributed by atoms with Gasteiger partial charge in [-0.3, -0.25) is 14.9 Å². The number of non-ortho nitro benzene ring substituents is 1. The molecule has 11 heteroatoms. The van der Waals surface area contributed by atoms with Gasteiger partial charge in [-0.1, -0.05) is 15.9 Å². The summed E-state index contributed by atoms with van der Waals surface area (Å²) in [6.45, 7) is -0.352. The van der Waals surface area contributed by atoms with E-state index < -0.39 is 10.8 Å². The van der Waals surface area contributed by atoms with Crippen molar-refractivity contribution >= 4 is 49.7 Å². The van der Waals surface area contributed by atoms with Crippen LogP contribution >= 0.6 is 31.9 Å². The van der Waals surface area contributed by atoms with Crippen molar-refractivity contribution in [3.8, 4) is 17.2 Å². The number of carbonyl (C=O) groups is 1. The van der Waals surface area contributed by atoms with Crippen LogP contribution in [-0.4, -0.2) is 35.9 Å². The van der Waals surface area contributed by atoms with Crippen LogP contribution in [-0.2, 0) is 4.79 Å². The SMILES string of the molecule is COc1cc(Br)cc(Br)c1OCC(=O)N/N=C/c1cc([N+](=O)[O-])ccc1O. The molecule has 2 rings (SSSR count). The van der Waals surface area contributed by atoms with Crippen molar-refractivity contribution in [2.45, 2.75) is 0 Å². The first-order valence-electron chi connectivity index (χ1n) is 7.27. The number of hydrogen-bond donors (Lipinski definition) is 2. The van der Waals surface area contributed by atoms with E-state index in [2.05, 4.69) is 42.4 Å². The molecule has 2 aromatic rings. The number of nitro benzene ring substituents is 1. The smallest absolute Gasteiger partial charge is 0.277 e. The minimum Gasteiger partial charge on any atom is -0.507 e. The summed E-state index contributed by atoms with van der Waals surface area (Å²) < 4.78 is 12.0. The maximum Gasteiger partial charge on any atom is 0.277 e. The van der Waals surface area contributed by atoms with Gasteiger partial charge in [0.15, 0.2) is 18.1 Å². The minimum atomic E-state index is -0.605. The number of nitrogens with one attached hydrogen (secondary N) is 1. The first kappa shape index (κ1) is 20.6. The van der Waals surface area contributed by atoms with E-state index in [1.54, 1.807) is 12.1 Å². The van der Waals surface area contributed by atoms with E-state index in [1.807, 2.05) is 0 Å². The molecule has 0 heterocycles. The molecule has 0 aliphatic heterocycles. The summed E-state index contributed by atoms with van der Waals surface area (Å²) in [5.74, 6) is -0.0170. The predicted molar refractivity (Wildman–Crippen MR) is 104 cm³/mol. The van der Waals surface area contributed by atoms with Crippen molar-refractivity contribution in [1.82, 2.24) is 5.43 Å². The second kappa shape index (κ2) is 9.33. The van der Waals surface area contributed by atoms with Crippen molar-refractivity contribution in [1.29, 1.82) is 0 Å². The molecule has 0 atom stereocenters. The van der Waals surface area contributed by atoms with Crippen molar-refractivity contribution in [2.75, 3.05) is 13.7 Å². The molecule has 0 fully saturated rings. The number of benzene rings is 2. The lowest BCUT2D eigenvalue weighted by Gasteiger charge is -2.12. The number of carbonyl (C=O) groups excluding carboxylic acids is 1. The molecule has 2 N–H and O–H groups in total. The van der Waals surface area contributed by atoms with Gasteiger partial charge in [0.05, 0.1) is 22.7 Å². The molecule has 0 unspecified atom stereocenters. The fraction of sp³-hybridized carbons (Fsp3) is 0.125. The number of amides is 1. The second-order valence-corrected chi connectivity index (χ2v) is 6.77. The first-order valence-corrected chi connectivity index (χ1v) is 8.85. The quantitative estimate of drug-likeness (QED) is 0.340. The zero-order valence-electron chi connectivity index (χ0n) is 13.8. The Morgan fingerprint density at radius 1 is 1.37 bits per heavy atom.